The van der Waals surface area contributed by atoms with Gasteiger partial charge in [-0.15, -0.1) is 0 Å². The summed E-state index contributed by atoms with van der Waals surface area (Å²) in [6.07, 6.45) is 4.75. The number of anilines is 1. The minimum atomic E-state index is -0.363. The second-order valence-electron chi connectivity index (χ2n) is 4.64. The first-order chi connectivity index (χ1) is 8.69. The molecule has 1 aromatic rings. The zero-order valence-electron chi connectivity index (χ0n) is 11.2. The van der Waals surface area contributed by atoms with E-state index in [1.165, 1.54) is 31.4 Å². The molecular formula is C15H21FN2. The van der Waals surface area contributed by atoms with Crippen LogP contribution in [0.5, 0.6) is 0 Å². The van der Waals surface area contributed by atoms with Gasteiger partial charge in [0.2, 0.25) is 0 Å². The standard InChI is InChI=1S/C15H21FN2/c1-3-5-6-12(4-2)11-18-15-8-13(10-17)7-14(16)9-15/h7-9,12,18H,3-6,11H2,1-2H3. The third-order valence-electron chi connectivity index (χ3n) is 3.17. The normalized spacial score (nSPS) is 11.9. The van der Waals surface area contributed by atoms with Gasteiger partial charge in [0, 0.05) is 12.2 Å². The Bertz CT molecular complexity index is 409. The van der Waals surface area contributed by atoms with Crippen LogP contribution in [0, 0.1) is 23.1 Å². The fourth-order valence-electron chi connectivity index (χ4n) is 1.96. The maximum Gasteiger partial charge on any atom is 0.126 e. The summed E-state index contributed by atoms with van der Waals surface area (Å²) in [4.78, 5) is 0. The molecule has 0 aliphatic carbocycles. The van der Waals surface area contributed by atoms with Gasteiger partial charge in [-0.25, -0.2) is 4.39 Å². The first-order valence-electron chi connectivity index (χ1n) is 6.64. The van der Waals surface area contributed by atoms with Crippen LogP contribution in [-0.2, 0) is 0 Å². The zero-order valence-corrected chi connectivity index (χ0v) is 11.2. The van der Waals surface area contributed by atoms with E-state index in [1.54, 1.807) is 6.07 Å². The van der Waals surface area contributed by atoms with Crippen molar-refractivity contribution in [2.75, 3.05) is 11.9 Å². The number of unbranched alkanes of at least 4 members (excludes halogenated alkanes) is 1. The molecule has 0 bridgehead atoms. The Morgan fingerprint density at radius 1 is 1.33 bits per heavy atom. The Kier molecular flexibility index (Phi) is 6.21. The molecule has 1 N–H and O–H groups in total. The number of hydrogen-bond acceptors (Lipinski definition) is 2. The maximum atomic E-state index is 13.2. The van der Waals surface area contributed by atoms with Gasteiger partial charge in [-0.1, -0.05) is 33.1 Å². The van der Waals surface area contributed by atoms with E-state index in [0.717, 1.165) is 13.0 Å². The summed E-state index contributed by atoms with van der Waals surface area (Å²) in [5, 5.41) is 12.0. The molecule has 1 atom stereocenters. The maximum absolute atomic E-state index is 13.2. The van der Waals surface area contributed by atoms with E-state index in [-0.39, 0.29) is 5.82 Å². The van der Waals surface area contributed by atoms with Crippen molar-refractivity contribution in [3.8, 4) is 6.07 Å². The van der Waals surface area contributed by atoms with Gasteiger partial charge in [0.05, 0.1) is 11.6 Å². The number of hydrogen-bond donors (Lipinski definition) is 1. The van der Waals surface area contributed by atoms with Crippen LogP contribution in [0.3, 0.4) is 0 Å². The minimum absolute atomic E-state index is 0.360. The van der Waals surface area contributed by atoms with Crippen molar-refractivity contribution < 1.29 is 4.39 Å². The Morgan fingerprint density at radius 3 is 2.72 bits per heavy atom. The van der Waals surface area contributed by atoms with Gasteiger partial charge in [0.15, 0.2) is 0 Å². The molecular weight excluding hydrogens is 227 g/mol. The van der Waals surface area contributed by atoms with Gasteiger partial charge in [0.25, 0.3) is 0 Å². The SMILES string of the molecule is CCCCC(CC)CNc1cc(F)cc(C#N)c1. The lowest BCUT2D eigenvalue weighted by molar-refractivity contribution is 0.472. The third kappa shape index (κ3) is 4.75. The van der Waals surface area contributed by atoms with Gasteiger partial charge in [-0.2, -0.15) is 5.26 Å². The van der Waals surface area contributed by atoms with Crippen LogP contribution >= 0.6 is 0 Å². The molecule has 98 valence electrons. The molecule has 1 aromatic carbocycles. The van der Waals surface area contributed by atoms with E-state index >= 15 is 0 Å². The van der Waals surface area contributed by atoms with Crippen molar-refractivity contribution in [3.63, 3.8) is 0 Å². The number of nitrogens with zero attached hydrogens (tertiary/aromatic N) is 1. The molecule has 0 radical (unpaired) electrons. The van der Waals surface area contributed by atoms with Gasteiger partial charge < -0.3 is 5.32 Å². The molecule has 0 spiro atoms. The van der Waals surface area contributed by atoms with Crippen LogP contribution in [0.25, 0.3) is 0 Å². The fraction of sp³-hybridized carbons (Fsp3) is 0.533. The molecule has 0 saturated carbocycles. The lowest BCUT2D eigenvalue weighted by Gasteiger charge is -2.16. The first kappa shape index (κ1) is 14.5. The van der Waals surface area contributed by atoms with Crippen LogP contribution < -0.4 is 5.32 Å². The fourth-order valence-corrected chi connectivity index (χ4v) is 1.96. The quantitative estimate of drug-likeness (QED) is 0.779. The van der Waals surface area contributed by atoms with Crippen molar-refractivity contribution in [1.82, 2.24) is 0 Å². The van der Waals surface area contributed by atoms with Crippen LogP contribution in [-0.4, -0.2) is 6.54 Å². The summed E-state index contributed by atoms with van der Waals surface area (Å²) in [6.45, 7) is 5.20. The number of halogens is 1. The lowest BCUT2D eigenvalue weighted by atomic mass is 9.99. The molecule has 18 heavy (non-hydrogen) atoms. The highest BCUT2D eigenvalue weighted by atomic mass is 19.1. The Balaban J connectivity index is 2.56. The molecule has 1 rings (SSSR count). The monoisotopic (exact) mass is 248 g/mol. The average Bonchev–Trinajstić information content (AvgIpc) is 2.38. The lowest BCUT2D eigenvalue weighted by Crippen LogP contribution is -2.13. The van der Waals surface area contributed by atoms with Crippen molar-refractivity contribution in [3.05, 3.63) is 29.6 Å². The van der Waals surface area contributed by atoms with Crippen molar-refractivity contribution in [2.24, 2.45) is 5.92 Å². The van der Waals surface area contributed by atoms with Crippen LogP contribution in [0.4, 0.5) is 10.1 Å². The molecule has 0 amide bonds. The number of rotatable bonds is 7. The second-order valence-corrected chi connectivity index (χ2v) is 4.64. The Hall–Kier alpha value is -1.56. The van der Waals surface area contributed by atoms with Crippen molar-refractivity contribution in [1.29, 1.82) is 5.26 Å². The predicted molar refractivity (Wildman–Crippen MR) is 72.9 cm³/mol. The second kappa shape index (κ2) is 7.71. The van der Waals surface area contributed by atoms with Crippen LogP contribution in [0.1, 0.15) is 45.1 Å². The molecule has 1 unspecified atom stereocenters. The van der Waals surface area contributed by atoms with Crippen LogP contribution in [0.15, 0.2) is 18.2 Å². The van der Waals surface area contributed by atoms with Gasteiger partial charge in [-0.05, 0) is 30.5 Å². The summed E-state index contributed by atoms with van der Waals surface area (Å²) in [7, 11) is 0. The van der Waals surface area contributed by atoms with E-state index in [4.69, 9.17) is 5.26 Å². The van der Waals surface area contributed by atoms with E-state index in [9.17, 15) is 4.39 Å². The molecule has 0 fully saturated rings. The highest BCUT2D eigenvalue weighted by Crippen LogP contribution is 2.17. The zero-order chi connectivity index (χ0) is 13.4. The summed E-state index contributed by atoms with van der Waals surface area (Å²) in [5.41, 5.74) is 1.06. The predicted octanol–water partition coefficient (Wildman–Crippen LogP) is 4.33. The summed E-state index contributed by atoms with van der Waals surface area (Å²) >= 11 is 0. The summed E-state index contributed by atoms with van der Waals surface area (Å²) in [5.74, 6) is 0.247. The van der Waals surface area contributed by atoms with Crippen LogP contribution in [0.2, 0.25) is 0 Å². The van der Waals surface area contributed by atoms with E-state index in [1.807, 2.05) is 6.07 Å². The van der Waals surface area contributed by atoms with E-state index in [2.05, 4.69) is 19.2 Å². The van der Waals surface area contributed by atoms with Gasteiger partial charge in [-0.3, -0.25) is 0 Å². The summed E-state index contributed by atoms with van der Waals surface area (Å²) < 4.78 is 13.2. The highest BCUT2D eigenvalue weighted by Gasteiger charge is 2.06. The highest BCUT2D eigenvalue weighted by molar-refractivity contribution is 5.49. The Labute approximate surface area is 109 Å². The Morgan fingerprint density at radius 2 is 2.11 bits per heavy atom. The van der Waals surface area contributed by atoms with Gasteiger partial charge >= 0.3 is 0 Å². The number of benzene rings is 1. The molecule has 2 nitrogen and oxygen atoms in total. The van der Waals surface area contributed by atoms with E-state index < -0.39 is 0 Å². The average molecular weight is 248 g/mol. The molecule has 0 aliphatic heterocycles. The van der Waals surface area contributed by atoms with Gasteiger partial charge in [0.1, 0.15) is 5.82 Å². The topological polar surface area (TPSA) is 35.8 Å². The van der Waals surface area contributed by atoms with Crippen molar-refractivity contribution in [2.45, 2.75) is 39.5 Å². The first-order valence-corrected chi connectivity index (χ1v) is 6.64. The molecule has 0 saturated heterocycles. The summed E-state index contributed by atoms with van der Waals surface area (Å²) in [6, 6.07) is 6.34. The number of nitriles is 1. The van der Waals surface area contributed by atoms with Crippen molar-refractivity contribution >= 4 is 5.69 Å². The number of nitrogens with one attached hydrogen (secondary N) is 1. The smallest absolute Gasteiger partial charge is 0.126 e. The molecule has 0 heterocycles. The largest absolute Gasteiger partial charge is 0.385 e. The van der Waals surface area contributed by atoms with E-state index in [0.29, 0.717) is 17.2 Å². The molecule has 0 aromatic heterocycles. The molecule has 0 aliphatic rings. The minimum Gasteiger partial charge on any atom is -0.385 e. The molecule has 3 heteroatoms. The third-order valence-corrected chi connectivity index (χ3v) is 3.17.